The van der Waals surface area contributed by atoms with E-state index < -0.39 is 11.9 Å². The third kappa shape index (κ3) is 4.09. The Balaban J connectivity index is 1.48. The van der Waals surface area contributed by atoms with Crippen molar-refractivity contribution < 1.29 is 32.6 Å². The molecule has 0 aliphatic rings. The first-order chi connectivity index (χ1) is 17.4. The lowest BCUT2D eigenvalue weighted by Gasteiger charge is -2.09. The molecule has 0 fully saturated rings. The zero-order valence-corrected chi connectivity index (χ0v) is 19.6. The van der Waals surface area contributed by atoms with Crippen LogP contribution in [0, 0.1) is 6.92 Å². The van der Waals surface area contributed by atoms with Crippen LogP contribution in [0.5, 0.6) is 17.2 Å². The number of rotatable bonds is 5. The molecule has 8 heteroatoms. The van der Waals surface area contributed by atoms with Crippen LogP contribution in [0.15, 0.2) is 80.6 Å². The molecule has 5 rings (SSSR count). The minimum atomic E-state index is -0.668. The number of carbonyl (C=O) groups excluding carboxylic acids is 2. The van der Waals surface area contributed by atoms with Crippen molar-refractivity contribution in [3.8, 4) is 28.4 Å². The van der Waals surface area contributed by atoms with Gasteiger partial charge in [-0.3, -0.25) is 9.59 Å². The van der Waals surface area contributed by atoms with E-state index in [1.165, 1.54) is 32.4 Å². The van der Waals surface area contributed by atoms with Crippen LogP contribution in [-0.4, -0.2) is 19.0 Å². The number of ether oxygens (including phenoxy) is 3. The average Bonchev–Trinajstić information content (AvgIpc) is 3.19. The Kier molecular flexibility index (Phi) is 5.77. The van der Waals surface area contributed by atoms with Crippen molar-refractivity contribution in [3.63, 3.8) is 0 Å². The number of esters is 2. The summed E-state index contributed by atoms with van der Waals surface area (Å²) in [7, 11) is 1.53. The van der Waals surface area contributed by atoms with Crippen molar-refractivity contribution in [1.29, 1.82) is 0 Å². The van der Waals surface area contributed by atoms with Crippen molar-refractivity contribution in [2.75, 3.05) is 7.11 Å². The number of methoxy groups -OCH3 is 1. The summed E-state index contributed by atoms with van der Waals surface area (Å²) in [4.78, 5) is 37.5. The lowest BCUT2D eigenvalue weighted by Crippen LogP contribution is -2.10. The molecule has 0 saturated carbocycles. The van der Waals surface area contributed by atoms with Crippen LogP contribution in [0.1, 0.15) is 23.0 Å². The van der Waals surface area contributed by atoms with Crippen LogP contribution in [0.2, 0.25) is 0 Å². The van der Waals surface area contributed by atoms with Gasteiger partial charge in [0.15, 0.2) is 0 Å². The van der Waals surface area contributed by atoms with Gasteiger partial charge in [0, 0.05) is 23.9 Å². The minimum Gasteiger partial charge on any atom is -0.496 e. The quantitative estimate of drug-likeness (QED) is 0.232. The molecule has 8 nitrogen and oxygen atoms in total. The van der Waals surface area contributed by atoms with E-state index in [1.54, 1.807) is 49.4 Å². The van der Waals surface area contributed by atoms with E-state index in [0.717, 1.165) is 0 Å². The second-order valence-electron chi connectivity index (χ2n) is 8.01. The van der Waals surface area contributed by atoms with Gasteiger partial charge >= 0.3 is 11.9 Å². The first-order valence-corrected chi connectivity index (χ1v) is 11.0. The van der Waals surface area contributed by atoms with Crippen LogP contribution in [-0.2, 0) is 4.79 Å². The van der Waals surface area contributed by atoms with Gasteiger partial charge in [-0.25, -0.2) is 4.79 Å². The lowest BCUT2D eigenvalue weighted by molar-refractivity contribution is -0.131. The molecule has 0 unspecified atom stereocenters. The molecule has 0 saturated heterocycles. The van der Waals surface area contributed by atoms with Gasteiger partial charge in [-0.05, 0) is 43.3 Å². The Morgan fingerprint density at radius 3 is 2.36 bits per heavy atom. The van der Waals surface area contributed by atoms with E-state index in [4.69, 9.17) is 23.0 Å². The molecule has 2 heterocycles. The Morgan fingerprint density at radius 1 is 0.833 bits per heavy atom. The summed E-state index contributed by atoms with van der Waals surface area (Å²) >= 11 is 0. The average molecular weight is 484 g/mol. The van der Waals surface area contributed by atoms with Crippen molar-refractivity contribution >= 4 is 33.9 Å². The van der Waals surface area contributed by atoms with E-state index in [1.807, 2.05) is 6.07 Å². The van der Waals surface area contributed by atoms with Gasteiger partial charge in [0.25, 0.3) is 0 Å². The summed E-state index contributed by atoms with van der Waals surface area (Å²) < 4.78 is 27.4. The highest BCUT2D eigenvalue weighted by Gasteiger charge is 2.22. The fourth-order valence-corrected chi connectivity index (χ4v) is 4.07. The summed E-state index contributed by atoms with van der Waals surface area (Å²) in [5.74, 6) is 0.218. The molecule has 0 radical (unpaired) electrons. The first kappa shape index (κ1) is 22.9. The number of fused-ring (bicyclic) bond motifs is 2. The van der Waals surface area contributed by atoms with Crippen molar-refractivity contribution in [3.05, 3.63) is 88.5 Å². The largest absolute Gasteiger partial charge is 0.496 e. The SMILES string of the molecule is COc1ccccc1-c1coc2cc(OC(=O)c3c(C)oc4ccc(OC(C)=O)cc34)ccc2c1=O. The molecular formula is C28H20O8. The topological polar surface area (TPSA) is 105 Å². The molecule has 36 heavy (non-hydrogen) atoms. The summed E-state index contributed by atoms with van der Waals surface area (Å²) in [6, 6.07) is 16.4. The highest BCUT2D eigenvalue weighted by atomic mass is 16.5. The Hall–Kier alpha value is -4.85. The Morgan fingerprint density at radius 2 is 1.58 bits per heavy atom. The molecule has 0 atom stereocenters. The van der Waals surface area contributed by atoms with Gasteiger partial charge in [-0.1, -0.05) is 18.2 Å². The smallest absolute Gasteiger partial charge is 0.347 e. The van der Waals surface area contributed by atoms with Crippen molar-refractivity contribution in [1.82, 2.24) is 0 Å². The molecule has 0 N–H and O–H groups in total. The molecule has 0 spiro atoms. The normalized spacial score (nSPS) is 11.0. The highest BCUT2D eigenvalue weighted by Crippen LogP contribution is 2.32. The van der Waals surface area contributed by atoms with Crippen molar-refractivity contribution in [2.45, 2.75) is 13.8 Å². The summed E-state index contributed by atoms with van der Waals surface area (Å²) in [6.45, 7) is 2.93. The molecule has 0 aliphatic heterocycles. The van der Waals surface area contributed by atoms with Crippen LogP contribution in [0.3, 0.4) is 0 Å². The molecule has 0 aliphatic carbocycles. The number of furan rings is 1. The van der Waals surface area contributed by atoms with Gasteiger partial charge in [-0.2, -0.15) is 0 Å². The lowest BCUT2D eigenvalue weighted by atomic mass is 10.0. The second kappa shape index (κ2) is 9.07. The monoisotopic (exact) mass is 484 g/mol. The summed E-state index contributed by atoms with van der Waals surface area (Å²) in [5, 5.41) is 0.777. The van der Waals surface area contributed by atoms with Gasteiger partial charge in [-0.15, -0.1) is 0 Å². The van der Waals surface area contributed by atoms with E-state index in [9.17, 15) is 14.4 Å². The fraction of sp³-hybridized carbons (Fsp3) is 0.107. The van der Waals surface area contributed by atoms with Gasteiger partial charge in [0.2, 0.25) is 5.43 Å². The number of benzene rings is 3. The maximum absolute atomic E-state index is 13.1. The molecule has 180 valence electrons. The van der Waals surface area contributed by atoms with E-state index in [0.29, 0.717) is 39.0 Å². The summed E-state index contributed by atoms with van der Waals surface area (Å²) in [5.41, 5.74) is 1.63. The fourth-order valence-electron chi connectivity index (χ4n) is 4.07. The Bertz CT molecular complexity index is 1710. The number of para-hydroxylation sites is 1. The Labute approximate surface area is 204 Å². The third-order valence-corrected chi connectivity index (χ3v) is 5.65. The van der Waals surface area contributed by atoms with Gasteiger partial charge in [0.1, 0.15) is 46.0 Å². The maximum Gasteiger partial charge on any atom is 0.347 e. The highest BCUT2D eigenvalue weighted by molar-refractivity contribution is 6.06. The second-order valence-corrected chi connectivity index (χ2v) is 8.01. The third-order valence-electron chi connectivity index (χ3n) is 5.65. The van der Waals surface area contributed by atoms with Crippen molar-refractivity contribution in [2.24, 2.45) is 0 Å². The first-order valence-electron chi connectivity index (χ1n) is 11.0. The molecule has 2 aromatic heterocycles. The summed E-state index contributed by atoms with van der Waals surface area (Å²) in [6.07, 6.45) is 1.36. The molecule has 3 aromatic carbocycles. The number of hydrogen-bond donors (Lipinski definition) is 0. The van der Waals surface area contributed by atoms with Crippen LogP contribution in [0.25, 0.3) is 33.1 Å². The maximum atomic E-state index is 13.1. The van der Waals surface area contributed by atoms with Gasteiger partial charge in [0.05, 0.1) is 18.1 Å². The molecular weight excluding hydrogens is 464 g/mol. The van der Waals surface area contributed by atoms with E-state index in [2.05, 4.69) is 0 Å². The minimum absolute atomic E-state index is 0.186. The number of hydrogen-bond acceptors (Lipinski definition) is 8. The van der Waals surface area contributed by atoms with Gasteiger partial charge < -0.3 is 23.0 Å². The zero-order chi connectivity index (χ0) is 25.4. The predicted molar refractivity (Wildman–Crippen MR) is 132 cm³/mol. The molecule has 5 aromatic rings. The van der Waals surface area contributed by atoms with Crippen LogP contribution >= 0.6 is 0 Å². The predicted octanol–water partition coefficient (Wildman–Crippen LogP) is 5.67. The van der Waals surface area contributed by atoms with E-state index in [-0.39, 0.29) is 28.1 Å². The van der Waals surface area contributed by atoms with Crippen LogP contribution in [0.4, 0.5) is 0 Å². The van der Waals surface area contributed by atoms with E-state index >= 15 is 0 Å². The molecule has 0 amide bonds. The number of carbonyl (C=O) groups is 2. The standard InChI is InChI=1S/C28H20O8/c1-15-26(21-12-17(35-16(2)29)9-11-24(21)34-15)28(31)36-18-8-10-20-25(13-18)33-14-22(27(20)30)19-6-4-5-7-23(19)32-3/h4-14H,1-3H3. The number of aryl methyl sites for hydroxylation is 1. The zero-order valence-electron chi connectivity index (χ0n) is 19.6. The molecule has 0 bridgehead atoms. The van der Waals surface area contributed by atoms with Crippen LogP contribution < -0.4 is 19.6 Å².